The second-order valence-corrected chi connectivity index (χ2v) is 7.96. The number of primary amides is 1. The molecule has 2 fully saturated rings. The van der Waals surface area contributed by atoms with E-state index in [-0.39, 0.29) is 12.4 Å². The molecule has 6 unspecified atom stereocenters. The van der Waals surface area contributed by atoms with Crippen LogP contribution in [0.1, 0.15) is 17.9 Å². The zero-order chi connectivity index (χ0) is 22.9. The number of carbonyl (C=O) groups is 1. The van der Waals surface area contributed by atoms with Crippen LogP contribution in [0, 0.1) is 5.82 Å². The molecule has 33 heavy (non-hydrogen) atoms. The van der Waals surface area contributed by atoms with Crippen molar-refractivity contribution >= 4 is 5.91 Å². The Morgan fingerprint density at radius 2 is 2.00 bits per heavy atom. The number of hydrogen-bond acceptors (Lipinski definition) is 7. The summed E-state index contributed by atoms with van der Waals surface area (Å²) in [5.74, 6) is -1.05. The molecule has 3 aromatic rings. The maximum absolute atomic E-state index is 13.7. The number of methoxy groups -OCH3 is 1. The number of nitrogens with two attached hydrogens (primary N) is 1. The molecule has 0 radical (unpaired) electrons. The zero-order valence-corrected chi connectivity index (χ0v) is 17.8. The van der Waals surface area contributed by atoms with Crippen LogP contribution in [0.25, 0.3) is 11.3 Å². The van der Waals surface area contributed by atoms with Crippen molar-refractivity contribution in [2.24, 2.45) is 5.73 Å². The van der Waals surface area contributed by atoms with Gasteiger partial charge in [-0.05, 0) is 12.1 Å². The van der Waals surface area contributed by atoms with E-state index in [0.717, 1.165) is 5.56 Å². The number of ether oxygens (including phenoxy) is 4. The molecule has 0 spiro atoms. The lowest BCUT2D eigenvalue weighted by Gasteiger charge is -2.48. The van der Waals surface area contributed by atoms with Gasteiger partial charge in [0.15, 0.2) is 12.4 Å². The normalized spacial score (nSPS) is 29.4. The van der Waals surface area contributed by atoms with Crippen LogP contribution in [-0.2, 0) is 23.7 Å². The van der Waals surface area contributed by atoms with Crippen LogP contribution in [0.4, 0.5) is 4.39 Å². The first-order valence-electron chi connectivity index (χ1n) is 10.5. The van der Waals surface area contributed by atoms with Crippen molar-refractivity contribution in [2.45, 2.75) is 36.7 Å². The molecule has 2 N–H and O–H groups in total. The fraction of sp³-hybridized carbons (Fsp3) is 0.348. The number of fused-ring (bicyclic) bond motifs is 1. The monoisotopic (exact) mass is 454 g/mol. The first kappa shape index (κ1) is 21.7. The van der Waals surface area contributed by atoms with E-state index in [1.807, 2.05) is 30.3 Å². The molecule has 2 saturated heterocycles. The fourth-order valence-corrected chi connectivity index (χ4v) is 4.38. The van der Waals surface area contributed by atoms with Crippen LogP contribution in [0.3, 0.4) is 0 Å². The van der Waals surface area contributed by atoms with Gasteiger partial charge in [0.25, 0.3) is 0 Å². The van der Waals surface area contributed by atoms with Crippen LogP contribution >= 0.6 is 0 Å². The second kappa shape index (κ2) is 8.99. The molecule has 9 nitrogen and oxygen atoms in total. The lowest BCUT2D eigenvalue weighted by molar-refractivity contribution is -0.314. The van der Waals surface area contributed by atoms with Gasteiger partial charge in [-0.25, -0.2) is 9.07 Å². The molecule has 1 aromatic heterocycles. The van der Waals surface area contributed by atoms with E-state index in [9.17, 15) is 9.18 Å². The Morgan fingerprint density at radius 3 is 2.73 bits per heavy atom. The highest BCUT2D eigenvalue weighted by molar-refractivity contribution is 5.79. The van der Waals surface area contributed by atoms with E-state index in [1.165, 1.54) is 19.2 Å². The molecule has 5 rings (SSSR count). The van der Waals surface area contributed by atoms with Gasteiger partial charge in [-0.15, -0.1) is 5.10 Å². The number of benzene rings is 2. The summed E-state index contributed by atoms with van der Waals surface area (Å²) in [4.78, 5) is 12.2. The van der Waals surface area contributed by atoms with E-state index in [2.05, 4.69) is 10.3 Å². The number of amides is 1. The van der Waals surface area contributed by atoms with Gasteiger partial charge in [-0.3, -0.25) is 4.79 Å². The topological polar surface area (TPSA) is 111 Å². The number of halogens is 1. The minimum atomic E-state index is -1.04. The predicted octanol–water partition coefficient (Wildman–Crippen LogP) is 2.01. The van der Waals surface area contributed by atoms with Crippen molar-refractivity contribution < 1.29 is 28.1 Å². The van der Waals surface area contributed by atoms with Crippen molar-refractivity contribution in [3.8, 4) is 11.3 Å². The summed E-state index contributed by atoms with van der Waals surface area (Å²) in [5, 5.41) is 8.47. The summed E-state index contributed by atoms with van der Waals surface area (Å²) in [6, 6.07) is 15.0. The predicted molar refractivity (Wildman–Crippen MR) is 113 cm³/mol. The quantitative estimate of drug-likeness (QED) is 0.628. The fourth-order valence-electron chi connectivity index (χ4n) is 4.38. The summed E-state index contributed by atoms with van der Waals surface area (Å²) in [5.41, 5.74) is 7.50. The standard InChI is InChI=1S/C23H23FN4O5/c1-30-20-18(28-11-16(26-27-28)14-8-5-9-15(24)10-14)19-17(32-21(20)22(25)29)12-31-23(33-19)13-6-3-2-4-7-13/h2-11,17-21,23H,12H2,1H3,(H2,25,29). The third-order valence-electron chi connectivity index (χ3n) is 5.91. The molecule has 6 atom stereocenters. The van der Waals surface area contributed by atoms with Gasteiger partial charge in [0.05, 0.1) is 12.8 Å². The van der Waals surface area contributed by atoms with Gasteiger partial charge in [-0.1, -0.05) is 47.7 Å². The number of carbonyl (C=O) groups excluding carboxylic acids is 1. The number of hydrogen-bond donors (Lipinski definition) is 1. The second-order valence-electron chi connectivity index (χ2n) is 7.96. The van der Waals surface area contributed by atoms with Gasteiger partial charge < -0.3 is 24.7 Å². The SMILES string of the molecule is COC1C(C(N)=O)OC2COC(c3ccccc3)OC2C1n1cc(-c2cccc(F)c2)nn1. The largest absolute Gasteiger partial charge is 0.376 e. The van der Waals surface area contributed by atoms with Crippen LogP contribution in [-0.4, -0.2) is 59.0 Å². The Hall–Kier alpha value is -3.18. The molecule has 10 heteroatoms. The molecule has 172 valence electrons. The van der Waals surface area contributed by atoms with Crippen LogP contribution in [0.2, 0.25) is 0 Å². The highest BCUT2D eigenvalue weighted by atomic mass is 19.1. The summed E-state index contributed by atoms with van der Waals surface area (Å²) >= 11 is 0. The molecular formula is C23H23FN4O5. The van der Waals surface area contributed by atoms with Crippen LogP contribution in [0.5, 0.6) is 0 Å². The van der Waals surface area contributed by atoms with E-state index < -0.39 is 42.7 Å². The summed E-state index contributed by atoms with van der Waals surface area (Å²) in [7, 11) is 1.47. The summed E-state index contributed by atoms with van der Waals surface area (Å²) < 4.78 is 39.1. The lowest BCUT2D eigenvalue weighted by atomic mass is 9.91. The van der Waals surface area contributed by atoms with E-state index in [1.54, 1.807) is 23.0 Å². The molecule has 0 aliphatic carbocycles. The average molecular weight is 454 g/mol. The Labute approximate surface area is 189 Å². The first-order chi connectivity index (χ1) is 16.0. The van der Waals surface area contributed by atoms with E-state index in [4.69, 9.17) is 24.7 Å². The van der Waals surface area contributed by atoms with Crippen molar-refractivity contribution in [3.05, 3.63) is 72.2 Å². The minimum Gasteiger partial charge on any atom is -0.376 e. The third-order valence-corrected chi connectivity index (χ3v) is 5.91. The Kier molecular flexibility index (Phi) is 5.90. The van der Waals surface area contributed by atoms with E-state index >= 15 is 0 Å². The lowest BCUT2D eigenvalue weighted by Crippen LogP contribution is -2.62. The van der Waals surface area contributed by atoms with Gasteiger partial charge in [-0.2, -0.15) is 0 Å². The molecule has 0 saturated carbocycles. The van der Waals surface area contributed by atoms with Gasteiger partial charge in [0.2, 0.25) is 5.91 Å². The molecule has 3 heterocycles. The average Bonchev–Trinajstić information content (AvgIpc) is 3.33. The number of nitrogens with zero attached hydrogens (tertiary/aromatic N) is 3. The molecule has 1 amide bonds. The Balaban J connectivity index is 1.51. The van der Waals surface area contributed by atoms with Crippen molar-refractivity contribution in [1.82, 2.24) is 15.0 Å². The first-order valence-corrected chi connectivity index (χ1v) is 10.5. The third kappa shape index (κ3) is 4.13. The minimum absolute atomic E-state index is 0.187. The maximum atomic E-state index is 13.7. The molecule has 2 aromatic carbocycles. The smallest absolute Gasteiger partial charge is 0.249 e. The van der Waals surface area contributed by atoms with Crippen molar-refractivity contribution in [2.75, 3.05) is 13.7 Å². The summed E-state index contributed by atoms with van der Waals surface area (Å²) in [6.07, 6.45) is -1.95. The Morgan fingerprint density at radius 1 is 1.18 bits per heavy atom. The molecule has 2 aliphatic rings. The number of rotatable bonds is 5. The van der Waals surface area contributed by atoms with Crippen molar-refractivity contribution in [1.29, 1.82) is 0 Å². The summed E-state index contributed by atoms with van der Waals surface area (Å²) in [6.45, 7) is 0.187. The highest BCUT2D eigenvalue weighted by Crippen LogP contribution is 2.40. The van der Waals surface area contributed by atoms with E-state index in [0.29, 0.717) is 11.3 Å². The van der Waals surface area contributed by atoms with Crippen molar-refractivity contribution in [3.63, 3.8) is 0 Å². The van der Waals surface area contributed by atoms with Crippen LogP contribution in [0.15, 0.2) is 60.8 Å². The van der Waals surface area contributed by atoms with Crippen LogP contribution < -0.4 is 5.73 Å². The molecular weight excluding hydrogens is 431 g/mol. The molecule has 2 aliphatic heterocycles. The Bertz CT molecular complexity index is 1130. The van der Waals surface area contributed by atoms with Gasteiger partial charge >= 0.3 is 0 Å². The zero-order valence-electron chi connectivity index (χ0n) is 17.8. The highest BCUT2D eigenvalue weighted by Gasteiger charge is 2.53. The van der Waals surface area contributed by atoms with Gasteiger partial charge in [0, 0.05) is 18.2 Å². The van der Waals surface area contributed by atoms with Gasteiger partial charge in [0.1, 0.15) is 35.9 Å². The molecule has 0 bridgehead atoms. The number of aromatic nitrogens is 3. The maximum Gasteiger partial charge on any atom is 0.249 e.